The van der Waals surface area contributed by atoms with Crippen LogP contribution in [-0.2, 0) is 16.1 Å². The minimum Gasteiger partial charge on any atom is -0.354 e. The van der Waals surface area contributed by atoms with Crippen LogP contribution in [0.15, 0.2) is 30.3 Å². The molecule has 1 aromatic heterocycles. The summed E-state index contributed by atoms with van der Waals surface area (Å²) in [6, 6.07) is 9.50. The van der Waals surface area contributed by atoms with Crippen LogP contribution in [-0.4, -0.2) is 62.6 Å². The Morgan fingerprint density at radius 1 is 1.22 bits per heavy atom. The summed E-state index contributed by atoms with van der Waals surface area (Å²) in [6.45, 7) is 1.48. The molecule has 9 heteroatoms. The predicted octanol–water partition coefficient (Wildman–Crippen LogP) is 0.186. The van der Waals surface area contributed by atoms with E-state index in [0.29, 0.717) is 31.9 Å². The first-order valence-electron chi connectivity index (χ1n) is 9.27. The van der Waals surface area contributed by atoms with E-state index in [1.54, 1.807) is 0 Å². The minimum absolute atomic E-state index is 0.00918. The zero-order chi connectivity index (χ0) is 19.1. The van der Waals surface area contributed by atoms with E-state index in [-0.39, 0.29) is 24.4 Å². The van der Waals surface area contributed by atoms with Crippen molar-refractivity contribution in [2.75, 3.05) is 19.6 Å². The molecule has 1 aliphatic heterocycles. The first-order valence-corrected chi connectivity index (χ1v) is 9.27. The zero-order valence-corrected chi connectivity index (χ0v) is 15.3. The molecule has 144 valence electrons. The van der Waals surface area contributed by atoms with Gasteiger partial charge in [0.15, 0.2) is 0 Å². The van der Waals surface area contributed by atoms with Crippen LogP contribution >= 0.6 is 0 Å². The van der Waals surface area contributed by atoms with Crippen LogP contribution in [0.1, 0.15) is 25.7 Å². The highest BCUT2D eigenvalue weighted by Crippen LogP contribution is 2.17. The molecule has 2 heterocycles. The van der Waals surface area contributed by atoms with Crippen molar-refractivity contribution in [1.82, 2.24) is 30.4 Å². The van der Waals surface area contributed by atoms with Gasteiger partial charge in [0.25, 0.3) is 0 Å². The maximum atomic E-state index is 12.8. The summed E-state index contributed by atoms with van der Waals surface area (Å²) in [6.07, 6.45) is 3.17. The highest BCUT2D eigenvalue weighted by Gasteiger charge is 2.27. The van der Waals surface area contributed by atoms with Crippen molar-refractivity contribution in [2.45, 2.75) is 38.3 Å². The fraction of sp³-hybridized carbons (Fsp3) is 0.500. The normalized spacial score (nSPS) is 16.9. The van der Waals surface area contributed by atoms with Gasteiger partial charge in [-0.15, -0.1) is 10.2 Å². The molecule has 1 saturated heterocycles. The van der Waals surface area contributed by atoms with E-state index in [2.05, 4.69) is 20.7 Å². The fourth-order valence-corrected chi connectivity index (χ4v) is 3.22. The van der Waals surface area contributed by atoms with Crippen molar-refractivity contribution in [3.05, 3.63) is 30.3 Å². The van der Waals surface area contributed by atoms with Crippen LogP contribution in [0, 0.1) is 0 Å². The number of amides is 2. The second kappa shape index (κ2) is 9.22. The number of hydrogen-bond donors (Lipinski definition) is 2. The highest BCUT2D eigenvalue weighted by atomic mass is 16.2. The number of tetrazole rings is 1. The summed E-state index contributed by atoms with van der Waals surface area (Å²) >= 11 is 0. The number of nitrogens with zero attached hydrogens (tertiary/aromatic N) is 5. The molecule has 1 atom stereocenters. The quantitative estimate of drug-likeness (QED) is 0.717. The standard InChI is InChI=1S/C18H25N7O2/c19-10-9-16(26)20-12-15-8-4-5-11-24(15)17(27)13-25-22-18(21-23-25)14-6-2-1-3-7-14/h1-3,6-7,15H,4-5,8-13,19H2,(H,20,26). The molecule has 1 unspecified atom stereocenters. The predicted molar refractivity (Wildman–Crippen MR) is 99.3 cm³/mol. The Labute approximate surface area is 157 Å². The molecule has 0 saturated carbocycles. The van der Waals surface area contributed by atoms with E-state index < -0.39 is 0 Å². The molecule has 0 aliphatic carbocycles. The first kappa shape index (κ1) is 19.0. The second-order valence-corrected chi connectivity index (χ2v) is 6.59. The van der Waals surface area contributed by atoms with Crippen LogP contribution in [0.25, 0.3) is 11.4 Å². The Bertz CT molecular complexity index is 762. The van der Waals surface area contributed by atoms with Crippen molar-refractivity contribution in [1.29, 1.82) is 0 Å². The van der Waals surface area contributed by atoms with E-state index in [1.165, 1.54) is 4.80 Å². The van der Waals surface area contributed by atoms with Gasteiger partial charge in [-0.1, -0.05) is 30.3 Å². The number of nitrogens with one attached hydrogen (secondary N) is 1. The van der Waals surface area contributed by atoms with E-state index >= 15 is 0 Å². The summed E-state index contributed by atoms with van der Waals surface area (Å²) in [4.78, 5) is 27.6. The van der Waals surface area contributed by atoms with Gasteiger partial charge < -0.3 is 16.0 Å². The summed E-state index contributed by atoms with van der Waals surface area (Å²) in [5.74, 6) is 0.346. The van der Waals surface area contributed by atoms with Crippen molar-refractivity contribution in [3.8, 4) is 11.4 Å². The zero-order valence-electron chi connectivity index (χ0n) is 15.3. The number of likely N-dealkylation sites (tertiary alicyclic amines) is 1. The Balaban J connectivity index is 1.60. The number of carbonyl (C=O) groups excluding carboxylic acids is 2. The van der Waals surface area contributed by atoms with Gasteiger partial charge in [0.2, 0.25) is 17.6 Å². The van der Waals surface area contributed by atoms with Crippen molar-refractivity contribution in [2.24, 2.45) is 5.73 Å². The van der Waals surface area contributed by atoms with Gasteiger partial charge in [-0.25, -0.2) is 0 Å². The van der Waals surface area contributed by atoms with Crippen molar-refractivity contribution < 1.29 is 9.59 Å². The van der Waals surface area contributed by atoms with Gasteiger partial charge in [0, 0.05) is 37.7 Å². The molecule has 3 rings (SSSR count). The Morgan fingerprint density at radius 2 is 2.04 bits per heavy atom. The number of benzene rings is 1. The molecule has 0 spiro atoms. The van der Waals surface area contributed by atoms with Crippen molar-refractivity contribution in [3.63, 3.8) is 0 Å². The number of rotatable bonds is 7. The Kier molecular flexibility index (Phi) is 6.48. The summed E-state index contributed by atoms with van der Waals surface area (Å²) in [5, 5.41) is 15.2. The van der Waals surface area contributed by atoms with Crippen LogP contribution < -0.4 is 11.1 Å². The fourth-order valence-electron chi connectivity index (χ4n) is 3.22. The molecule has 3 N–H and O–H groups in total. The summed E-state index contributed by atoms with van der Waals surface area (Å²) in [5.41, 5.74) is 6.25. The third-order valence-corrected chi connectivity index (χ3v) is 4.62. The molecule has 0 radical (unpaired) electrons. The number of hydrogen-bond acceptors (Lipinski definition) is 6. The van der Waals surface area contributed by atoms with E-state index in [4.69, 9.17) is 5.73 Å². The highest BCUT2D eigenvalue weighted by molar-refractivity contribution is 5.77. The number of aromatic nitrogens is 4. The van der Waals surface area contributed by atoms with Crippen molar-refractivity contribution >= 4 is 11.8 Å². The number of carbonyl (C=O) groups is 2. The van der Waals surface area contributed by atoms with Gasteiger partial charge in [-0.3, -0.25) is 9.59 Å². The minimum atomic E-state index is -0.0825. The third kappa shape index (κ3) is 5.10. The first-order chi connectivity index (χ1) is 13.2. The second-order valence-electron chi connectivity index (χ2n) is 6.59. The molecule has 1 fully saturated rings. The average molecular weight is 371 g/mol. The maximum absolute atomic E-state index is 12.8. The Hall–Kier alpha value is -2.81. The Morgan fingerprint density at radius 3 is 2.81 bits per heavy atom. The number of nitrogens with two attached hydrogens (primary N) is 1. The largest absolute Gasteiger partial charge is 0.354 e. The molecular weight excluding hydrogens is 346 g/mol. The van der Waals surface area contributed by atoms with Gasteiger partial charge >= 0.3 is 0 Å². The topological polar surface area (TPSA) is 119 Å². The summed E-state index contributed by atoms with van der Waals surface area (Å²) in [7, 11) is 0. The maximum Gasteiger partial charge on any atom is 0.246 e. The lowest BCUT2D eigenvalue weighted by Crippen LogP contribution is -2.50. The van der Waals surface area contributed by atoms with Crippen LogP contribution in [0.4, 0.5) is 0 Å². The molecule has 9 nitrogen and oxygen atoms in total. The summed E-state index contributed by atoms with van der Waals surface area (Å²) < 4.78 is 0. The average Bonchev–Trinajstić information content (AvgIpc) is 3.16. The molecule has 1 aliphatic rings. The van der Waals surface area contributed by atoms with Crippen LogP contribution in [0.5, 0.6) is 0 Å². The lowest BCUT2D eigenvalue weighted by atomic mass is 10.0. The van der Waals surface area contributed by atoms with Gasteiger partial charge in [-0.05, 0) is 24.5 Å². The number of piperidine rings is 1. The lowest BCUT2D eigenvalue weighted by molar-refractivity contribution is -0.136. The van der Waals surface area contributed by atoms with E-state index in [1.807, 2.05) is 35.2 Å². The SMILES string of the molecule is NCCC(=O)NCC1CCCCN1C(=O)Cn1nnc(-c2ccccc2)n1. The monoisotopic (exact) mass is 371 g/mol. The molecule has 1 aromatic carbocycles. The smallest absolute Gasteiger partial charge is 0.246 e. The van der Waals surface area contributed by atoms with Crippen LogP contribution in [0.3, 0.4) is 0 Å². The van der Waals surface area contributed by atoms with Gasteiger partial charge in [-0.2, -0.15) is 4.80 Å². The van der Waals surface area contributed by atoms with Gasteiger partial charge in [0.05, 0.1) is 0 Å². The molecule has 2 amide bonds. The van der Waals surface area contributed by atoms with E-state index in [9.17, 15) is 9.59 Å². The van der Waals surface area contributed by atoms with E-state index in [0.717, 1.165) is 24.8 Å². The molecular formula is C18H25N7O2. The lowest BCUT2D eigenvalue weighted by Gasteiger charge is -2.35. The van der Waals surface area contributed by atoms with Gasteiger partial charge in [0.1, 0.15) is 6.54 Å². The molecule has 27 heavy (non-hydrogen) atoms. The molecule has 0 bridgehead atoms. The van der Waals surface area contributed by atoms with Crippen LogP contribution in [0.2, 0.25) is 0 Å². The molecule has 2 aromatic rings. The third-order valence-electron chi connectivity index (χ3n) is 4.62.